The molecule has 1 aromatic carbocycles. The lowest BCUT2D eigenvalue weighted by Crippen LogP contribution is -2.37. The zero-order chi connectivity index (χ0) is 17.9. The van der Waals surface area contributed by atoms with E-state index < -0.39 is 0 Å². The molecule has 0 saturated carbocycles. The van der Waals surface area contributed by atoms with Gasteiger partial charge in [-0.25, -0.2) is 0 Å². The van der Waals surface area contributed by atoms with Gasteiger partial charge in [0.1, 0.15) is 5.75 Å². The molecule has 1 atom stereocenters. The summed E-state index contributed by atoms with van der Waals surface area (Å²) in [6.07, 6.45) is 2.07. The van der Waals surface area contributed by atoms with Crippen molar-refractivity contribution < 1.29 is 14.2 Å². The molecule has 1 aliphatic rings. The first kappa shape index (κ1) is 19.5. The van der Waals surface area contributed by atoms with Crippen molar-refractivity contribution in [3.05, 3.63) is 29.3 Å². The van der Waals surface area contributed by atoms with Crippen molar-refractivity contribution in [2.24, 2.45) is 10.9 Å². The lowest BCUT2D eigenvalue weighted by atomic mass is 10.1. The standard InChI is InChI=1S/C19H31N3O3/c1-15-5-6-16(11-18(15)23-3)12-22-19(20-2)21-8-4-9-24-13-17-7-10-25-14-17/h5-6,11,17H,4,7-10,12-14H2,1-3H3,(H2,20,21,22). The van der Waals surface area contributed by atoms with Crippen molar-refractivity contribution in [2.75, 3.05) is 47.1 Å². The zero-order valence-electron chi connectivity index (χ0n) is 15.6. The van der Waals surface area contributed by atoms with Gasteiger partial charge in [0.15, 0.2) is 5.96 Å². The van der Waals surface area contributed by atoms with Crippen LogP contribution in [-0.2, 0) is 16.0 Å². The van der Waals surface area contributed by atoms with E-state index in [-0.39, 0.29) is 0 Å². The van der Waals surface area contributed by atoms with Gasteiger partial charge in [0.2, 0.25) is 0 Å². The fourth-order valence-electron chi connectivity index (χ4n) is 2.73. The summed E-state index contributed by atoms with van der Waals surface area (Å²) in [7, 11) is 3.48. The van der Waals surface area contributed by atoms with Crippen LogP contribution in [0.3, 0.4) is 0 Å². The molecule has 0 aromatic heterocycles. The van der Waals surface area contributed by atoms with E-state index in [1.807, 2.05) is 6.92 Å². The molecule has 2 rings (SSSR count). The summed E-state index contributed by atoms with van der Waals surface area (Å²) in [5, 5.41) is 6.63. The van der Waals surface area contributed by atoms with Crippen molar-refractivity contribution >= 4 is 5.96 Å². The topological polar surface area (TPSA) is 64.1 Å². The van der Waals surface area contributed by atoms with Crippen LogP contribution in [0.2, 0.25) is 0 Å². The van der Waals surface area contributed by atoms with Crippen LogP contribution in [0.5, 0.6) is 5.75 Å². The fourth-order valence-corrected chi connectivity index (χ4v) is 2.73. The second kappa shape index (κ2) is 10.9. The monoisotopic (exact) mass is 349 g/mol. The summed E-state index contributed by atoms with van der Waals surface area (Å²) in [4.78, 5) is 4.25. The first-order valence-electron chi connectivity index (χ1n) is 8.96. The first-order chi connectivity index (χ1) is 12.2. The Bertz CT molecular complexity index is 543. The molecule has 1 unspecified atom stereocenters. The number of nitrogens with one attached hydrogen (secondary N) is 2. The van der Waals surface area contributed by atoms with Crippen LogP contribution in [0.15, 0.2) is 23.2 Å². The predicted octanol–water partition coefficient (Wildman–Crippen LogP) is 2.11. The number of hydrogen-bond donors (Lipinski definition) is 2. The fraction of sp³-hybridized carbons (Fsp3) is 0.632. The molecular weight excluding hydrogens is 318 g/mol. The highest BCUT2D eigenvalue weighted by Crippen LogP contribution is 2.18. The molecule has 0 radical (unpaired) electrons. The Balaban J connectivity index is 1.60. The molecule has 1 saturated heterocycles. The van der Waals surface area contributed by atoms with Gasteiger partial charge in [-0.15, -0.1) is 0 Å². The summed E-state index contributed by atoms with van der Waals surface area (Å²) in [6.45, 7) is 6.87. The molecule has 6 heteroatoms. The second-order valence-electron chi connectivity index (χ2n) is 6.31. The highest BCUT2D eigenvalue weighted by molar-refractivity contribution is 5.79. The third-order valence-electron chi connectivity index (χ3n) is 4.29. The Kier molecular flexibility index (Phi) is 8.55. The zero-order valence-corrected chi connectivity index (χ0v) is 15.6. The van der Waals surface area contributed by atoms with E-state index in [1.165, 1.54) is 0 Å². The Labute approximate surface area is 151 Å². The first-order valence-corrected chi connectivity index (χ1v) is 8.96. The Morgan fingerprint density at radius 2 is 2.24 bits per heavy atom. The quantitative estimate of drug-likeness (QED) is 0.406. The number of nitrogens with zero attached hydrogens (tertiary/aromatic N) is 1. The Hall–Kier alpha value is -1.79. The predicted molar refractivity (Wildman–Crippen MR) is 100 cm³/mol. The van der Waals surface area contributed by atoms with Gasteiger partial charge in [-0.1, -0.05) is 12.1 Å². The van der Waals surface area contributed by atoms with E-state index in [1.54, 1.807) is 14.2 Å². The van der Waals surface area contributed by atoms with Crippen LogP contribution in [0, 0.1) is 12.8 Å². The highest BCUT2D eigenvalue weighted by atomic mass is 16.5. The van der Waals surface area contributed by atoms with Crippen molar-refractivity contribution in [3.63, 3.8) is 0 Å². The molecule has 0 bridgehead atoms. The third kappa shape index (κ3) is 6.92. The number of methoxy groups -OCH3 is 1. The minimum absolute atomic E-state index is 0.578. The van der Waals surface area contributed by atoms with Gasteiger partial charge >= 0.3 is 0 Å². The lowest BCUT2D eigenvalue weighted by molar-refractivity contribution is 0.0888. The van der Waals surface area contributed by atoms with E-state index in [0.29, 0.717) is 12.5 Å². The number of ether oxygens (including phenoxy) is 3. The van der Waals surface area contributed by atoms with Gasteiger partial charge in [0, 0.05) is 39.3 Å². The molecule has 1 fully saturated rings. The summed E-state index contributed by atoms with van der Waals surface area (Å²) >= 11 is 0. The SMILES string of the molecule is CN=C(NCCCOCC1CCOC1)NCc1ccc(C)c(OC)c1. The highest BCUT2D eigenvalue weighted by Gasteiger charge is 2.15. The maximum absolute atomic E-state index is 5.70. The largest absolute Gasteiger partial charge is 0.496 e. The second-order valence-corrected chi connectivity index (χ2v) is 6.31. The number of guanidine groups is 1. The number of aryl methyl sites for hydroxylation is 1. The molecule has 1 heterocycles. The lowest BCUT2D eigenvalue weighted by Gasteiger charge is -2.13. The van der Waals surface area contributed by atoms with Crippen LogP contribution in [0.4, 0.5) is 0 Å². The number of hydrogen-bond acceptors (Lipinski definition) is 4. The smallest absolute Gasteiger partial charge is 0.191 e. The van der Waals surface area contributed by atoms with Crippen molar-refractivity contribution in [1.29, 1.82) is 0 Å². The Morgan fingerprint density at radius 3 is 2.96 bits per heavy atom. The third-order valence-corrected chi connectivity index (χ3v) is 4.29. The van der Waals surface area contributed by atoms with Gasteiger partial charge < -0.3 is 24.8 Å². The molecule has 1 aliphatic heterocycles. The van der Waals surface area contributed by atoms with E-state index >= 15 is 0 Å². The van der Waals surface area contributed by atoms with E-state index in [0.717, 1.165) is 68.6 Å². The van der Waals surface area contributed by atoms with Crippen LogP contribution >= 0.6 is 0 Å². The van der Waals surface area contributed by atoms with Crippen LogP contribution in [-0.4, -0.2) is 53.1 Å². The van der Waals surface area contributed by atoms with Gasteiger partial charge in [-0.3, -0.25) is 4.99 Å². The number of aliphatic imine (C=N–C) groups is 1. The van der Waals surface area contributed by atoms with Crippen LogP contribution < -0.4 is 15.4 Å². The maximum Gasteiger partial charge on any atom is 0.191 e. The molecule has 0 spiro atoms. The molecule has 0 aliphatic carbocycles. The molecule has 0 amide bonds. The molecule has 1 aromatic rings. The van der Waals surface area contributed by atoms with Gasteiger partial charge in [-0.2, -0.15) is 0 Å². The van der Waals surface area contributed by atoms with Gasteiger partial charge in [0.25, 0.3) is 0 Å². The summed E-state index contributed by atoms with van der Waals surface area (Å²) in [5.41, 5.74) is 2.30. The normalized spacial score (nSPS) is 17.6. The minimum atomic E-state index is 0.578. The van der Waals surface area contributed by atoms with Crippen LogP contribution in [0.25, 0.3) is 0 Å². The number of rotatable bonds is 9. The van der Waals surface area contributed by atoms with Gasteiger partial charge in [0.05, 0.1) is 20.3 Å². The molecule has 2 N–H and O–H groups in total. The molecule has 6 nitrogen and oxygen atoms in total. The molecule has 25 heavy (non-hydrogen) atoms. The maximum atomic E-state index is 5.70. The average molecular weight is 349 g/mol. The van der Waals surface area contributed by atoms with E-state index in [2.05, 4.69) is 33.8 Å². The number of benzene rings is 1. The summed E-state index contributed by atoms with van der Waals surface area (Å²) in [5.74, 6) is 2.28. The molecule has 140 valence electrons. The van der Waals surface area contributed by atoms with Crippen molar-refractivity contribution in [2.45, 2.75) is 26.3 Å². The van der Waals surface area contributed by atoms with E-state index in [4.69, 9.17) is 14.2 Å². The minimum Gasteiger partial charge on any atom is -0.496 e. The Morgan fingerprint density at radius 1 is 1.36 bits per heavy atom. The summed E-state index contributed by atoms with van der Waals surface area (Å²) in [6, 6.07) is 6.22. The molecular formula is C19H31N3O3. The van der Waals surface area contributed by atoms with Gasteiger partial charge in [-0.05, 0) is 37.0 Å². The van der Waals surface area contributed by atoms with Crippen molar-refractivity contribution in [3.8, 4) is 5.75 Å². The van der Waals surface area contributed by atoms with E-state index in [9.17, 15) is 0 Å². The average Bonchev–Trinajstić information content (AvgIpc) is 3.15. The summed E-state index contributed by atoms with van der Waals surface area (Å²) < 4.78 is 16.4. The van der Waals surface area contributed by atoms with Crippen molar-refractivity contribution in [1.82, 2.24) is 10.6 Å². The van der Waals surface area contributed by atoms with Crippen LogP contribution in [0.1, 0.15) is 24.0 Å².